The van der Waals surface area contributed by atoms with Crippen LogP contribution in [0.2, 0.25) is 0 Å². The average Bonchev–Trinajstić information content (AvgIpc) is 2.70. The van der Waals surface area contributed by atoms with Crippen LogP contribution in [-0.4, -0.2) is 30.2 Å². The normalized spacial score (nSPS) is 17.7. The highest BCUT2D eigenvalue weighted by molar-refractivity contribution is 5.89. The van der Waals surface area contributed by atoms with Crippen molar-refractivity contribution in [2.24, 2.45) is 5.92 Å². The smallest absolute Gasteiger partial charge is 0.197 e. The molecule has 3 aromatic rings. The van der Waals surface area contributed by atoms with Gasteiger partial charge in [0.1, 0.15) is 22.6 Å². The Labute approximate surface area is 164 Å². The fourth-order valence-corrected chi connectivity index (χ4v) is 4.05. The number of hydrogen-bond acceptors (Lipinski definition) is 5. The van der Waals surface area contributed by atoms with Crippen LogP contribution in [0.15, 0.2) is 51.7 Å². The Morgan fingerprint density at radius 1 is 1.25 bits per heavy atom. The largest absolute Gasteiger partial charge is 0.507 e. The van der Waals surface area contributed by atoms with Crippen LogP contribution in [0.3, 0.4) is 0 Å². The standard InChI is InChI=1S/C23H25NO4/c1-15-7-6-10-24(13-15)14-17-18(25)11-21(27-2)22-19(26)12-20(28-23(17)22)16-8-4-3-5-9-16/h3-5,8-9,11-12,15,25H,6-7,10,13-14H2,1-2H3/t15-/m1/s1. The molecule has 0 saturated carbocycles. The lowest BCUT2D eigenvalue weighted by atomic mass is 9.99. The predicted molar refractivity (Wildman–Crippen MR) is 110 cm³/mol. The third-order valence-electron chi connectivity index (χ3n) is 5.45. The minimum absolute atomic E-state index is 0.0935. The van der Waals surface area contributed by atoms with Crippen molar-refractivity contribution in [3.8, 4) is 22.8 Å². The van der Waals surface area contributed by atoms with Crippen LogP contribution in [0.4, 0.5) is 0 Å². The maximum Gasteiger partial charge on any atom is 0.197 e. The summed E-state index contributed by atoms with van der Waals surface area (Å²) in [4.78, 5) is 15.2. The summed E-state index contributed by atoms with van der Waals surface area (Å²) >= 11 is 0. The molecule has 1 aliphatic rings. The van der Waals surface area contributed by atoms with Gasteiger partial charge in [0.05, 0.1) is 12.7 Å². The molecule has 1 aromatic heterocycles. The maximum absolute atomic E-state index is 12.9. The van der Waals surface area contributed by atoms with E-state index in [9.17, 15) is 9.90 Å². The van der Waals surface area contributed by atoms with Crippen molar-refractivity contribution in [1.29, 1.82) is 0 Å². The van der Waals surface area contributed by atoms with Gasteiger partial charge >= 0.3 is 0 Å². The van der Waals surface area contributed by atoms with Gasteiger partial charge in [0, 0.05) is 30.8 Å². The van der Waals surface area contributed by atoms with E-state index in [1.165, 1.54) is 25.7 Å². The SMILES string of the molecule is COc1cc(O)c(CN2CCC[C@@H](C)C2)c2oc(-c3ccccc3)cc(=O)c12. The number of aromatic hydroxyl groups is 1. The molecule has 4 rings (SSSR count). The molecule has 0 bridgehead atoms. The minimum Gasteiger partial charge on any atom is -0.507 e. The van der Waals surface area contributed by atoms with Crippen molar-refractivity contribution in [2.45, 2.75) is 26.3 Å². The zero-order valence-corrected chi connectivity index (χ0v) is 16.3. The maximum atomic E-state index is 12.9. The second-order valence-corrected chi connectivity index (χ2v) is 7.60. The van der Waals surface area contributed by atoms with Crippen LogP contribution in [0.1, 0.15) is 25.3 Å². The molecule has 1 fully saturated rings. The third kappa shape index (κ3) is 3.50. The molecule has 0 amide bonds. The Bertz CT molecular complexity index is 1040. The molecule has 1 N–H and O–H groups in total. The molecule has 0 aliphatic carbocycles. The van der Waals surface area contributed by atoms with Gasteiger partial charge in [-0.05, 0) is 25.3 Å². The lowest BCUT2D eigenvalue weighted by Crippen LogP contribution is -2.33. The number of hydrogen-bond donors (Lipinski definition) is 1. The summed E-state index contributed by atoms with van der Waals surface area (Å²) in [5, 5.41) is 11.1. The van der Waals surface area contributed by atoms with Gasteiger partial charge in [-0.15, -0.1) is 0 Å². The van der Waals surface area contributed by atoms with Crippen molar-refractivity contribution in [3.63, 3.8) is 0 Å². The van der Waals surface area contributed by atoms with E-state index in [2.05, 4.69) is 11.8 Å². The minimum atomic E-state index is -0.176. The molecule has 2 aromatic carbocycles. The van der Waals surface area contributed by atoms with Crippen LogP contribution in [0.5, 0.6) is 11.5 Å². The molecule has 1 saturated heterocycles. The average molecular weight is 379 g/mol. The van der Waals surface area contributed by atoms with Crippen LogP contribution < -0.4 is 10.2 Å². The number of piperidine rings is 1. The number of benzene rings is 2. The van der Waals surface area contributed by atoms with E-state index in [0.717, 1.165) is 25.1 Å². The van der Waals surface area contributed by atoms with Crippen molar-refractivity contribution in [1.82, 2.24) is 4.90 Å². The molecule has 5 heteroatoms. The molecule has 1 aliphatic heterocycles. The Morgan fingerprint density at radius 2 is 2.04 bits per heavy atom. The van der Waals surface area contributed by atoms with Gasteiger partial charge in [-0.1, -0.05) is 37.3 Å². The van der Waals surface area contributed by atoms with Crippen LogP contribution in [0.25, 0.3) is 22.3 Å². The van der Waals surface area contributed by atoms with Crippen LogP contribution >= 0.6 is 0 Å². The highest BCUT2D eigenvalue weighted by Crippen LogP contribution is 2.36. The van der Waals surface area contributed by atoms with Gasteiger partial charge in [-0.2, -0.15) is 0 Å². The Balaban J connectivity index is 1.89. The molecule has 5 nitrogen and oxygen atoms in total. The number of fused-ring (bicyclic) bond motifs is 1. The van der Waals surface area contributed by atoms with Gasteiger partial charge < -0.3 is 14.3 Å². The summed E-state index contributed by atoms with van der Waals surface area (Å²) in [6.07, 6.45) is 2.36. The second-order valence-electron chi connectivity index (χ2n) is 7.60. The lowest BCUT2D eigenvalue weighted by molar-refractivity contribution is 0.175. The zero-order valence-electron chi connectivity index (χ0n) is 16.3. The van der Waals surface area contributed by atoms with Crippen LogP contribution in [-0.2, 0) is 6.54 Å². The first kappa shape index (κ1) is 18.6. The van der Waals surface area contributed by atoms with E-state index in [0.29, 0.717) is 40.5 Å². The van der Waals surface area contributed by atoms with E-state index < -0.39 is 0 Å². The Morgan fingerprint density at radius 3 is 2.75 bits per heavy atom. The molecular formula is C23H25NO4. The van der Waals surface area contributed by atoms with Crippen molar-refractivity contribution >= 4 is 11.0 Å². The molecule has 146 valence electrons. The fourth-order valence-electron chi connectivity index (χ4n) is 4.05. The quantitative estimate of drug-likeness (QED) is 0.728. The topological polar surface area (TPSA) is 62.9 Å². The van der Waals surface area contributed by atoms with Gasteiger partial charge in [-0.3, -0.25) is 9.69 Å². The number of rotatable bonds is 4. The van der Waals surface area contributed by atoms with E-state index in [1.807, 2.05) is 30.3 Å². The monoisotopic (exact) mass is 379 g/mol. The lowest BCUT2D eigenvalue weighted by Gasteiger charge is -2.31. The summed E-state index contributed by atoms with van der Waals surface area (Å²) in [5.41, 5.74) is 1.69. The molecule has 0 unspecified atom stereocenters. The van der Waals surface area contributed by atoms with Gasteiger partial charge in [0.2, 0.25) is 0 Å². The first-order valence-electron chi connectivity index (χ1n) is 9.71. The van der Waals surface area contributed by atoms with Crippen molar-refractivity contribution in [2.75, 3.05) is 20.2 Å². The van der Waals surface area contributed by atoms with E-state index in [-0.39, 0.29) is 11.2 Å². The summed E-state index contributed by atoms with van der Waals surface area (Å²) < 4.78 is 11.5. The Kier molecular flexibility index (Phi) is 5.09. The van der Waals surface area contributed by atoms with Gasteiger partial charge in [0.25, 0.3) is 0 Å². The molecule has 1 atom stereocenters. The van der Waals surface area contributed by atoms with Gasteiger partial charge in [-0.25, -0.2) is 0 Å². The fraction of sp³-hybridized carbons (Fsp3) is 0.348. The number of likely N-dealkylation sites (tertiary alicyclic amines) is 1. The highest BCUT2D eigenvalue weighted by Gasteiger charge is 2.23. The number of phenolic OH excluding ortho intramolecular Hbond substituents is 1. The first-order valence-corrected chi connectivity index (χ1v) is 9.71. The Hall–Kier alpha value is -2.79. The zero-order chi connectivity index (χ0) is 19.7. The third-order valence-corrected chi connectivity index (χ3v) is 5.45. The second kappa shape index (κ2) is 7.68. The van der Waals surface area contributed by atoms with Gasteiger partial charge in [0.15, 0.2) is 11.0 Å². The van der Waals surface area contributed by atoms with E-state index in [1.54, 1.807) is 0 Å². The van der Waals surface area contributed by atoms with E-state index in [4.69, 9.17) is 9.15 Å². The molecule has 0 radical (unpaired) electrons. The molecular weight excluding hydrogens is 354 g/mol. The number of nitrogens with zero attached hydrogens (tertiary/aromatic N) is 1. The highest BCUT2D eigenvalue weighted by atomic mass is 16.5. The number of ether oxygens (including phenoxy) is 1. The van der Waals surface area contributed by atoms with Crippen LogP contribution in [0, 0.1) is 5.92 Å². The first-order chi connectivity index (χ1) is 13.6. The summed E-state index contributed by atoms with van der Waals surface area (Å²) in [5.74, 6) is 1.53. The molecule has 2 heterocycles. The molecule has 0 spiro atoms. The summed E-state index contributed by atoms with van der Waals surface area (Å²) in [6.45, 7) is 4.72. The summed E-state index contributed by atoms with van der Waals surface area (Å²) in [6, 6.07) is 12.5. The van der Waals surface area contributed by atoms with E-state index >= 15 is 0 Å². The van der Waals surface area contributed by atoms with Crippen molar-refractivity contribution in [3.05, 3.63) is 58.3 Å². The number of methoxy groups -OCH3 is 1. The molecule has 28 heavy (non-hydrogen) atoms. The number of phenols is 1. The predicted octanol–water partition coefficient (Wildman–Crippen LogP) is 4.41. The summed E-state index contributed by atoms with van der Waals surface area (Å²) in [7, 11) is 1.49. The van der Waals surface area contributed by atoms with Crippen molar-refractivity contribution < 1.29 is 14.3 Å².